The highest BCUT2D eigenvalue weighted by Gasteiger charge is 2.39. The summed E-state index contributed by atoms with van der Waals surface area (Å²) in [6, 6.07) is 0. The summed E-state index contributed by atoms with van der Waals surface area (Å²) in [6.07, 6.45) is 8.83. The molecule has 1 saturated carbocycles. The average molecular weight is 246 g/mol. The third kappa shape index (κ3) is 4.22. The molecule has 1 rings (SSSR count). The Morgan fingerprint density at radius 1 is 1.06 bits per heavy atom. The van der Waals surface area contributed by atoms with Gasteiger partial charge in [-0.05, 0) is 24.7 Å². The van der Waals surface area contributed by atoms with E-state index in [1.54, 1.807) is 0 Å². The molecule has 0 heterocycles. The number of aliphatic hydroxyl groups is 2. The van der Waals surface area contributed by atoms with E-state index in [1.807, 2.05) is 0 Å². The van der Waals surface area contributed by atoms with Crippen LogP contribution in [-0.4, -0.2) is 29.1 Å². The molecule has 1 aliphatic carbocycles. The third-order valence-electron chi connectivity index (χ3n) is 4.32. The van der Waals surface area contributed by atoms with Crippen molar-refractivity contribution in [3.05, 3.63) is 0 Å². The third-order valence-corrected chi connectivity index (χ3v) is 4.32. The van der Waals surface area contributed by atoms with Gasteiger partial charge in [0.05, 0.1) is 13.2 Å². The molecule has 2 nitrogen and oxygen atoms in total. The topological polar surface area (TPSA) is 40.5 Å². The van der Waals surface area contributed by atoms with Gasteiger partial charge in [0, 0.05) is 0 Å². The van der Waals surface area contributed by atoms with Gasteiger partial charge in [-0.25, -0.2) is 4.39 Å². The zero-order chi connectivity index (χ0) is 12.7. The van der Waals surface area contributed by atoms with Gasteiger partial charge in [0.1, 0.15) is 0 Å². The number of rotatable bonds is 7. The molecule has 1 fully saturated rings. The summed E-state index contributed by atoms with van der Waals surface area (Å²) >= 11 is 0. The molecular formula is C14H27FO2. The molecule has 1 aliphatic rings. The molecule has 0 atom stereocenters. The van der Waals surface area contributed by atoms with Crippen LogP contribution >= 0.6 is 0 Å². The average Bonchev–Trinajstić information content (AvgIpc) is 2.39. The largest absolute Gasteiger partial charge is 0.393 e. The molecule has 0 unspecified atom stereocenters. The van der Waals surface area contributed by atoms with E-state index >= 15 is 0 Å². The molecule has 0 aromatic heterocycles. The van der Waals surface area contributed by atoms with Gasteiger partial charge in [-0.3, -0.25) is 0 Å². The van der Waals surface area contributed by atoms with Crippen molar-refractivity contribution in [1.29, 1.82) is 0 Å². The molecule has 0 aliphatic heterocycles. The number of halogens is 1. The molecule has 0 aromatic carbocycles. The van der Waals surface area contributed by atoms with Crippen LogP contribution < -0.4 is 0 Å². The van der Waals surface area contributed by atoms with E-state index in [0.717, 1.165) is 31.6 Å². The maximum absolute atomic E-state index is 14.1. The number of hydrogen-bond acceptors (Lipinski definition) is 2. The predicted molar refractivity (Wildman–Crippen MR) is 67.6 cm³/mol. The van der Waals surface area contributed by atoms with Gasteiger partial charge < -0.3 is 10.2 Å². The molecule has 102 valence electrons. The van der Waals surface area contributed by atoms with E-state index in [1.165, 1.54) is 25.7 Å². The fraction of sp³-hybridized carbons (Fsp3) is 1.00. The van der Waals surface area contributed by atoms with E-state index in [9.17, 15) is 4.39 Å². The van der Waals surface area contributed by atoms with Crippen molar-refractivity contribution in [2.75, 3.05) is 13.2 Å². The van der Waals surface area contributed by atoms with Gasteiger partial charge in [0.25, 0.3) is 0 Å². The minimum atomic E-state index is -1.76. The van der Waals surface area contributed by atoms with Crippen molar-refractivity contribution in [2.24, 2.45) is 11.8 Å². The highest BCUT2D eigenvalue weighted by Crippen LogP contribution is 2.39. The lowest BCUT2D eigenvalue weighted by Crippen LogP contribution is -2.42. The highest BCUT2D eigenvalue weighted by atomic mass is 19.1. The maximum atomic E-state index is 14.1. The zero-order valence-corrected chi connectivity index (χ0v) is 11.0. The summed E-state index contributed by atoms with van der Waals surface area (Å²) in [4.78, 5) is 0. The Morgan fingerprint density at radius 2 is 1.65 bits per heavy atom. The Kier molecular flexibility index (Phi) is 6.42. The number of aliphatic hydroxyl groups excluding tert-OH is 2. The van der Waals surface area contributed by atoms with Gasteiger partial charge in [-0.2, -0.15) is 0 Å². The Morgan fingerprint density at radius 3 is 2.12 bits per heavy atom. The lowest BCUT2D eigenvalue weighted by Gasteiger charge is -2.36. The monoisotopic (exact) mass is 246 g/mol. The van der Waals surface area contributed by atoms with E-state index in [0.29, 0.717) is 0 Å². The first-order chi connectivity index (χ1) is 8.16. The fourth-order valence-electron chi connectivity index (χ4n) is 2.96. The van der Waals surface area contributed by atoms with E-state index in [4.69, 9.17) is 10.2 Å². The Bertz CT molecular complexity index is 196. The van der Waals surface area contributed by atoms with Gasteiger partial charge >= 0.3 is 0 Å². The van der Waals surface area contributed by atoms with Crippen molar-refractivity contribution in [3.8, 4) is 0 Å². The molecular weight excluding hydrogens is 219 g/mol. The number of hydrogen-bond donors (Lipinski definition) is 2. The van der Waals surface area contributed by atoms with Gasteiger partial charge in [0.15, 0.2) is 5.67 Å². The normalized spacial score (nSPS) is 26.1. The van der Waals surface area contributed by atoms with E-state index in [-0.39, 0.29) is 5.92 Å². The van der Waals surface area contributed by atoms with Crippen LogP contribution in [-0.2, 0) is 0 Å². The van der Waals surface area contributed by atoms with Crippen molar-refractivity contribution in [1.82, 2.24) is 0 Å². The number of alkyl halides is 1. The maximum Gasteiger partial charge on any atom is 0.159 e. The van der Waals surface area contributed by atoms with Gasteiger partial charge in [0.2, 0.25) is 0 Å². The van der Waals surface area contributed by atoms with Crippen molar-refractivity contribution in [2.45, 2.75) is 64.0 Å². The summed E-state index contributed by atoms with van der Waals surface area (Å²) in [6.45, 7) is 1.11. The first kappa shape index (κ1) is 14.9. The van der Waals surface area contributed by atoms with Crippen LogP contribution in [0.4, 0.5) is 4.39 Å². The number of unbranched alkanes of at least 4 members (excludes halogenated alkanes) is 2. The van der Waals surface area contributed by atoms with Crippen LogP contribution in [0.2, 0.25) is 0 Å². The smallest absolute Gasteiger partial charge is 0.159 e. The second-order valence-electron chi connectivity index (χ2n) is 5.56. The molecule has 0 spiro atoms. The molecule has 0 amide bonds. The van der Waals surface area contributed by atoms with Crippen molar-refractivity contribution >= 4 is 0 Å². The highest BCUT2D eigenvalue weighted by molar-refractivity contribution is 4.89. The van der Waals surface area contributed by atoms with E-state index < -0.39 is 18.9 Å². The SMILES string of the molecule is CCCCC[C@H]1CC[C@H](C(F)(CO)CO)CC1. The molecule has 2 N–H and O–H groups in total. The summed E-state index contributed by atoms with van der Waals surface area (Å²) in [5.41, 5.74) is -1.76. The first-order valence-electron chi connectivity index (χ1n) is 7.07. The van der Waals surface area contributed by atoms with Crippen LogP contribution in [0.5, 0.6) is 0 Å². The van der Waals surface area contributed by atoms with Gasteiger partial charge in [-0.1, -0.05) is 45.4 Å². The summed E-state index contributed by atoms with van der Waals surface area (Å²) in [5.74, 6) is 0.583. The lowest BCUT2D eigenvalue weighted by atomic mass is 9.73. The summed E-state index contributed by atoms with van der Waals surface area (Å²) in [7, 11) is 0. The fourth-order valence-corrected chi connectivity index (χ4v) is 2.96. The standard InChI is InChI=1S/C14H27FO2/c1-2-3-4-5-12-6-8-13(9-7-12)14(15,10-16)11-17/h12-13,16-17H,2-11H2,1H3/t12-,13-. The molecule has 3 heteroatoms. The minimum Gasteiger partial charge on any atom is -0.393 e. The molecule has 0 bridgehead atoms. The molecule has 0 saturated heterocycles. The van der Waals surface area contributed by atoms with Crippen molar-refractivity contribution in [3.63, 3.8) is 0 Å². The summed E-state index contributed by atoms with van der Waals surface area (Å²) in [5, 5.41) is 18.1. The predicted octanol–water partition coefficient (Wildman–Crippen LogP) is 3.07. The van der Waals surface area contributed by atoms with Crippen LogP contribution in [0.15, 0.2) is 0 Å². The Labute approximate surface area is 104 Å². The van der Waals surface area contributed by atoms with Gasteiger partial charge in [-0.15, -0.1) is 0 Å². The second kappa shape index (κ2) is 7.32. The lowest BCUT2D eigenvalue weighted by molar-refractivity contribution is -0.0456. The van der Waals surface area contributed by atoms with Crippen LogP contribution in [0.1, 0.15) is 58.3 Å². The molecule has 0 aromatic rings. The minimum absolute atomic E-state index is 0.153. The van der Waals surface area contributed by atoms with Crippen LogP contribution in [0.3, 0.4) is 0 Å². The Balaban J connectivity index is 2.30. The quantitative estimate of drug-likeness (QED) is 0.678. The van der Waals surface area contributed by atoms with Crippen molar-refractivity contribution < 1.29 is 14.6 Å². The van der Waals surface area contributed by atoms with Crippen LogP contribution in [0.25, 0.3) is 0 Å². The van der Waals surface area contributed by atoms with E-state index in [2.05, 4.69) is 6.92 Å². The summed E-state index contributed by atoms with van der Waals surface area (Å²) < 4.78 is 14.1. The van der Waals surface area contributed by atoms with Crippen LogP contribution in [0, 0.1) is 11.8 Å². The first-order valence-corrected chi connectivity index (χ1v) is 7.07. The zero-order valence-electron chi connectivity index (χ0n) is 11.0. The second-order valence-corrected chi connectivity index (χ2v) is 5.56. The molecule has 17 heavy (non-hydrogen) atoms. The Hall–Kier alpha value is -0.150. The molecule has 0 radical (unpaired) electrons.